The molecule has 0 aliphatic heterocycles. The summed E-state index contributed by atoms with van der Waals surface area (Å²) in [6.07, 6.45) is 11.5. The summed E-state index contributed by atoms with van der Waals surface area (Å²) in [5.41, 5.74) is 0.801. The van der Waals surface area contributed by atoms with E-state index in [-0.39, 0.29) is 32.0 Å². The van der Waals surface area contributed by atoms with Crippen LogP contribution >= 0.6 is 0 Å². The van der Waals surface area contributed by atoms with E-state index < -0.39 is 5.97 Å². The molecule has 0 saturated heterocycles. The van der Waals surface area contributed by atoms with Crippen molar-refractivity contribution in [3.8, 4) is 0 Å². The number of carbonyl (C=O) groups is 1. The molecule has 0 aromatic heterocycles. The molecule has 0 aromatic carbocycles. The van der Waals surface area contributed by atoms with Gasteiger partial charge >= 0.3 is 19.5 Å². The maximum Gasteiger partial charge on any atom is 2.00 e. The summed E-state index contributed by atoms with van der Waals surface area (Å²) in [6, 6.07) is 0. The molecule has 0 bridgehead atoms. The molecule has 3 nitrogen and oxygen atoms in total. The summed E-state index contributed by atoms with van der Waals surface area (Å²) in [5.74, 6) is 3.40. The fourth-order valence-electron chi connectivity index (χ4n) is 8.74. The number of hydrogen-bond donors (Lipinski definition) is 0. The number of carboxylic acid groups (broad SMARTS) is 1. The summed E-state index contributed by atoms with van der Waals surface area (Å²) in [5, 5.41) is 23.0. The first-order valence-electron chi connectivity index (χ1n) is 11.6. The predicted octanol–water partition coefficient (Wildman–Crippen LogP) is 3.54. The Labute approximate surface area is 184 Å². The van der Waals surface area contributed by atoms with Crippen LogP contribution in [0.5, 0.6) is 0 Å². The molecule has 0 aromatic rings. The van der Waals surface area contributed by atoms with Gasteiger partial charge in [-0.05, 0) is 104 Å². The minimum absolute atomic E-state index is 0. The van der Waals surface area contributed by atoms with E-state index in [0.717, 1.165) is 43.4 Å². The number of carboxylic acids is 1. The smallest absolute Gasteiger partial charge is 0.852 e. The van der Waals surface area contributed by atoms with Crippen LogP contribution in [0.15, 0.2) is 0 Å². The van der Waals surface area contributed by atoms with Crippen molar-refractivity contribution in [3.63, 3.8) is 0 Å². The summed E-state index contributed by atoms with van der Waals surface area (Å²) >= 11 is 0. The standard InChI is InChI=1S/C24H39O3.Zn/c1-15(4-9-22(26)27)19-7-8-20-18-6-5-16-14-17(25)10-12-23(16,2)21(18)11-13-24(19,20)3;/h15-21H,4-14H2,1-3H3,(H,26,27);/q-1;+2/p-1/t15?,16-,17-,18?,19?,20?,21?,23?,24-;/m1./s1. The van der Waals surface area contributed by atoms with Gasteiger partial charge in [0.2, 0.25) is 0 Å². The molecular formula is C24H38O3Zn. The fourth-order valence-corrected chi connectivity index (χ4v) is 8.74. The van der Waals surface area contributed by atoms with Gasteiger partial charge in [0.25, 0.3) is 0 Å². The van der Waals surface area contributed by atoms with Crippen LogP contribution in [0, 0.1) is 46.3 Å². The molecule has 4 rings (SSSR count). The number of rotatable bonds is 4. The van der Waals surface area contributed by atoms with Crippen LogP contribution in [-0.4, -0.2) is 12.1 Å². The van der Waals surface area contributed by atoms with Crippen molar-refractivity contribution in [1.29, 1.82) is 0 Å². The molecule has 0 N–H and O–H groups in total. The Morgan fingerprint density at radius 1 is 1.00 bits per heavy atom. The van der Waals surface area contributed by atoms with Gasteiger partial charge < -0.3 is 15.0 Å². The van der Waals surface area contributed by atoms with Gasteiger partial charge in [-0.25, -0.2) is 0 Å². The van der Waals surface area contributed by atoms with Crippen LogP contribution in [0.4, 0.5) is 0 Å². The van der Waals surface area contributed by atoms with E-state index in [4.69, 9.17) is 0 Å². The fraction of sp³-hybridized carbons (Fsp3) is 0.958. The Kier molecular flexibility index (Phi) is 6.73. The van der Waals surface area contributed by atoms with Crippen molar-refractivity contribution in [2.24, 2.45) is 46.3 Å². The van der Waals surface area contributed by atoms with E-state index in [1.807, 2.05) is 0 Å². The third kappa shape index (κ3) is 3.64. The van der Waals surface area contributed by atoms with Gasteiger partial charge in [-0.3, -0.25) is 0 Å². The molecule has 0 amide bonds. The first-order valence-corrected chi connectivity index (χ1v) is 11.6. The number of hydrogen-bond acceptors (Lipinski definition) is 3. The molecule has 6 unspecified atom stereocenters. The average molecular weight is 440 g/mol. The van der Waals surface area contributed by atoms with Gasteiger partial charge in [-0.2, -0.15) is 0 Å². The van der Waals surface area contributed by atoms with Crippen molar-refractivity contribution in [2.75, 3.05) is 0 Å². The van der Waals surface area contributed by atoms with E-state index in [0.29, 0.717) is 28.6 Å². The van der Waals surface area contributed by atoms with Gasteiger partial charge in [0.1, 0.15) is 0 Å². The van der Waals surface area contributed by atoms with Crippen LogP contribution in [0.1, 0.15) is 91.4 Å². The first-order chi connectivity index (χ1) is 12.8. The third-order valence-electron chi connectivity index (χ3n) is 10.2. The zero-order chi connectivity index (χ0) is 19.4. The molecule has 0 spiro atoms. The quantitative estimate of drug-likeness (QED) is 0.629. The second-order valence-electron chi connectivity index (χ2n) is 11.2. The predicted molar refractivity (Wildman–Crippen MR) is 102 cm³/mol. The van der Waals surface area contributed by atoms with E-state index in [1.54, 1.807) is 0 Å². The van der Waals surface area contributed by atoms with Crippen LogP contribution in [0.2, 0.25) is 0 Å². The number of fused-ring (bicyclic) bond motifs is 5. The van der Waals surface area contributed by atoms with Crippen molar-refractivity contribution >= 4 is 5.97 Å². The maximum atomic E-state index is 12.1. The van der Waals surface area contributed by atoms with Crippen molar-refractivity contribution in [2.45, 2.75) is 97.5 Å². The van der Waals surface area contributed by atoms with Gasteiger partial charge in [0.15, 0.2) is 0 Å². The topological polar surface area (TPSA) is 63.2 Å². The van der Waals surface area contributed by atoms with Crippen LogP contribution in [0.25, 0.3) is 0 Å². The van der Waals surface area contributed by atoms with Gasteiger partial charge in [0, 0.05) is 5.97 Å². The molecule has 28 heavy (non-hydrogen) atoms. The van der Waals surface area contributed by atoms with Crippen LogP contribution in [0.3, 0.4) is 0 Å². The molecule has 9 atom stereocenters. The second-order valence-corrected chi connectivity index (χ2v) is 11.2. The van der Waals surface area contributed by atoms with E-state index in [2.05, 4.69) is 20.8 Å². The van der Waals surface area contributed by atoms with E-state index in [9.17, 15) is 15.0 Å². The van der Waals surface area contributed by atoms with E-state index in [1.165, 1.54) is 38.5 Å². The Morgan fingerprint density at radius 2 is 1.68 bits per heavy atom. The average Bonchev–Trinajstić information content (AvgIpc) is 2.97. The van der Waals surface area contributed by atoms with E-state index >= 15 is 0 Å². The minimum Gasteiger partial charge on any atom is -0.852 e. The first kappa shape index (κ1) is 22.7. The van der Waals surface area contributed by atoms with Gasteiger partial charge in [-0.15, -0.1) is 6.10 Å². The Balaban J connectivity index is 0.00000225. The summed E-state index contributed by atoms with van der Waals surface area (Å²) in [4.78, 5) is 10.9. The number of aliphatic carboxylic acids is 1. The van der Waals surface area contributed by atoms with Gasteiger partial charge in [0.05, 0.1) is 0 Å². The Hall–Kier alpha value is 0.0534. The molecule has 0 radical (unpaired) electrons. The van der Waals surface area contributed by atoms with Crippen molar-refractivity contribution in [3.05, 3.63) is 0 Å². The summed E-state index contributed by atoms with van der Waals surface area (Å²) in [6.45, 7) is 7.34. The zero-order valence-corrected chi connectivity index (χ0v) is 21.2. The third-order valence-corrected chi connectivity index (χ3v) is 10.2. The van der Waals surface area contributed by atoms with Crippen molar-refractivity contribution < 1.29 is 34.5 Å². The van der Waals surface area contributed by atoms with Crippen LogP contribution in [-0.2, 0) is 24.3 Å². The second kappa shape index (κ2) is 8.29. The van der Waals surface area contributed by atoms with Gasteiger partial charge in [-0.1, -0.05) is 33.6 Å². The molecule has 4 heteroatoms. The minimum atomic E-state index is -0.898. The molecule has 4 aliphatic carbocycles. The van der Waals surface area contributed by atoms with Crippen LogP contribution < -0.4 is 10.2 Å². The monoisotopic (exact) mass is 438 g/mol. The molecule has 154 valence electrons. The zero-order valence-electron chi connectivity index (χ0n) is 18.3. The SMILES string of the molecule is CC(CCC(=O)[O-])C1CCC2C3CC[C@@H]4C[C@H]([O-])CCC4(C)C3CC[C@]12C.[Zn+2]. The normalized spacial score (nSPS) is 48.6. The molecule has 4 saturated carbocycles. The molecule has 4 fully saturated rings. The summed E-state index contributed by atoms with van der Waals surface area (Å²) < 4.78 is 0. The maximum absolute atomic E-state index is 12.1. The molecule has 4 aliphatic rings. The largest absolute Gasteiger partial charge is 2.00 e. The van der Waals surface area contributed by atoms with Crippen molar-refractivity contribution in [1.82, 2.24) is 0 Å². The molecular weight excluding hydrogens is 402 g/mol. The Morgan fingerprint density at radius 3 is 2.39 bits per heavy atom. The number of carbonyl (C=O) groups excluding carboxylic acids is 1. The Bertz CT molecular complexity index is 580. The summed E-state index contributed by atoms with van der Waals surface area (Å²) in [7, 11) is 0. The molecule has 0 heterocycles.